The van der Waals surface area contributed by atoms with Crippen molar-refractivity contribution in [3.8, 4) is 11.5 Å². The number of nitrogens with one attached hydrogen (secondary N) is 1. The van der Waals surface area contributed by atoms with Crippen LogP contribution in [0.4, 0.5) is 20.7 Å². The number of nitrogens with zero attached hydrogens (tertiary/aromatic N) is 4. The van der Waals surface area contributed by atoms with Crippen molar-refractivity contribution in [1.29, 1.82) is 0 Å². The van der Waals surface area contributed by atoms with E-state index in [1.807, 2.05) is 29.1 Å². The average molecular weight is 464 g/mol. The van der Waals surface area contributed by atoms with Crippen LogP contribution in [-0.2, 0) is 5.54 Å². The Morgan fingerprint density at radius 2 is 1.74 bits per heavy atom. The molecule has 3 aromatic rings. The third-order valence-corrected chi connectivity index (χ3v) is 6.17. The molecule has 1 aromatic heterocycles. The van der Waals surface area contributed by atoms with E-state index in [0.717, 1.165) is 11.1 Å². The first-order valence-electron chi connectivity index (χ1n) is 11.0. The van der Waals surface area contributed by atoms with E-state index < -0.39 is 6.04 Å². The molecule has 1 N–H and O–H groups in total. The fourth-order valence-electron chi connectivity index (χ4n) is 4.64. The van der Waals surface area contributed by atoms with Crippen molar-refractivity contribution in [1.82, 2.24) is 15.1 Å². The van der Waals surface area contributed by atoms with Crippen LogP contribution in [0.2, 0.25) is 0 Å². The number of fused-ring (bicyclic) bond motifs is 2. The number of benzene rings is 2. The number of urea groups is 1. The number of aromatic nitrogens is 2. The molecule has 0 bridgehead atoms. The molecule has 9 heteroatoms. The molecule has 2 aromatic carbocycles. The van der Waals surface area contributed by atoms with Gasteiger partial charge in [0.15, 0.2) is 17.3 Å². The zero-order valence-corrected chi connectivity index (χ0v) is 19.7. The fraction of sp³-hybridized carbons (Fsp3) is 0.320. The van der Waals surface area contributed by atoms with Crippen molar-refractivity contribution < 1.29 is 18.7 Å². The van der Waals surface area contributed by atoms with Gasteiger partial charge in [0.05, 0.1) is 26.0 Å². The minimum atomic E-state index is -0.471. The fourth-order valence-corrected chi connectivity index (χ4v) is 4.64. The summed E-state index contributed by atoms with van der Waals surface area (Å²) < 4.78 is 26.5. The summed E-state index contributed by atoms with van der Waals surface area (Å²) in [5.74, 6) is 1.73. The number of ether oxygens (including phenoxy) is 2. The van der Waals surface area contributed by atoms with Crippen LogP contribution in [0.1, 0.15) is 37.8 Å². The number of anilines is 1. The maximum absolute atomic E-state index is 13.6. The lowest BCUT2D eigenvalue weighted by molar-refractivity contribution is 0.252. The number of halogens is 1. The molecule has 5 rings (SSSR count). The summed E-state index contributed by atoms with van der Waals surface area (Å²) >= 11 is 0. The van der Waals surface area contributed by atoms with Gasteiger partial charge in [0.2, 0.25) is 0 Å². The number of methoxy groups -OCH3 is 2. The van der Waals surface area contributed by atoms with E-state index in [-0.39, 0.29) is 23.3 Å². The average Bonchev–Trinajstić information content (AvgIpc) is 3.38. The summed E-state index contributed by atoms with van der Waals surface area (Å²) in [4.78, 5) is 19.6. The lowest BCUT2D eigenvalue weighted by Gasteiger charge is -2.34. The quantitative estimate of drug-likeness (QED) is 0.615. The van der Waals surface area contributed by atoms with Gasteiger partial charge in [-0.1, -0.05) is 6.07 Å². The first kappa shape index (κ1) is 21.9. The zero-order valence-electron chi connectivity index (χ0n) is 19.7. The van der Waals surface area contributed by atoms with Crippen molar-refractivity contribution in [3.63, 3.8) is 0 Å². The van der Waals surface area contributed by atoms with Gasteiger partial charge in [-0.25, -0.2) is 18.9 Å². The highest BCUT2D eigenvalue weighted by Crippen LogP contribution is 2.46. The maximum Gasteiger partial charge on any atom is 0.328 e. The number of amides is 2. The highest BCUT2D eigenvalue weighted by Gasteiger charge is 2.48. The first-order valence-corrected chi connectivity index (χ1v) is 11.0. The van der Waals surface area contributed by atoms with Crippen LogP contribution in [0.25, 0.3) is 0 Å². The van der Waals surface area contributed by atoms with E-state index in [4.69, 9.17) is 14.5 Å². The van der Waals surface area contributed by atoms with Crippen LogP contribution < -0.4 is 19.7 Å². The second kappa shape index (κ2) is 7.86. The highest BCUT2D eigenvalue weighted by atomic mass is 19.1. The zero-order chi connectivity index (χ0) is 24.2. The monoisotopic (exact) mass is 463 g/mol. The number of amidine groups is 1. The van der Waals surface area contributed by atoms with Gasteiger partial charge in [-0.15, -0.1) is 0 Å². The van der Waals surface area contributed by atoms with E-state index >= 15 is 0 Å². The smallest absolute Gasteiger partial charge is 0.328 e. The minimum absolute atomic E-state index is 0.303. The summed E-state index contributed by atoms with van der Waals surface area (Å²) in [5, 5.41) is 7.58. The largest absolute Gasteiger partial charge is 0.493 e. The van der Waals surface area contributed by atoms with E-state index in [9.17, 15) is 9.18 Å². The molecule has 2 amide bonds. The maximum atomic E-state index is 13.6. The topological polar surface area (TPSA) is 81.0 Å². The van der Waals surface area contributed by atoms with E-state index in [0.29, 0.717) is 28.8 Å². The summed E-state index contributed by atoms with van der Waals surface area (Å²) in [7, 11) is 3.17. The summed E-state index contributed by atoms with van der Waals surface area (Å²) in [6.45, 7) is 6.15. The Bertz CT molecular complexity index is 1290. The van der Waals surface area contributed by atoms with Crippen LogP contribution in [0.3, 0.4) is 0 Å². The lowest BCUT2D eigenvalue weighted by atomic mass is 9.83. The SMILES string of the molecule is COc1ccc([C@@H]2c3cnn(C(C)(C)C)c3N=C3NC(=O)N(c4ccc(F)cc4)[C@H]32)cc1OC. The molecule has 2 aliphatic heterocycles. The molecule has 176 valence electrons. The van der Waals surface area contributed by atoms with Gasteiger partial charge in [-0.05, 0) is 62.7 Å². The Morgan fingerprint density at radius 1 is 1.03 bits per heavy atom. The number of carbonyl (C=O) groups excluding carboxylic acids is 1. The highest BCUT2D eigenvalue weighted by molar-refractivity contribution is 6.18. The van der Waals surface area contributed by atoms with E-state index in [1.54, 1.807) is 31.3 Å². The predicted octanol–water partition coefficient (Wildman–Crippen LogP) is 4.57. The number of aliphatic imine (C=N–C) groups is 1. The molecule has 8 nitrogen and oxygen atoms in total. The Labute approximate surface area is 197 Å². The standard InChI is InChI=1S/C25H26FN5O3/c1-25(2,3)31-23-17(13-27-31)20(14-6-11-18(33-4)19(12-14)34-5)21-22(28-23)29-24(32)30(21)16-9-7-15(26)8-10-16/h6-13,20-21H,1-5H3,(H,28,29,32)/t20-,21+/m1/s1. The van der Waals surface area contributed by atoms with Gasteiger partial charge >= 0.3 is 6.03 Å². The molecular weight excluding hydrogens is 437 g/mol. The third-order valence-electron chi connectivity index (χ3n) is 6.17. The van der Waals surface area contributed by atoms with Gasteiger partial charge in [-0.2, -0.15) is 5.10 Å². The summed E-state index contributed by atoms with van der Waals surface area (Å²) in [6.07, 6.45) is 1.81. The molecular formula is C25H26FN5O3. The predicted molar refractivity (Wildman–Crippen MR) is 127 cm³/mol. The number of hydrogen-bond donors (Lipinski definition) is 1. The first-order chi connectivity index (χ1) is 16.2. The van der Waals surface area contributed by atoms with Crippen molar-refractivity contribution >= 4 is 23.4 Å². The Morgan fingerprint density at radius 3 is 2.38 bits per heavy atom. The van der Waals surface area contributed by atoms with Crippen LogP contribution in [0, 0.1) is 5.82 Å². The van der Waals surface area contributed by atoms with Crippen LogP contribution in [0.5, 0.6) is 11.5 Å². The van der Waals surface area contributed by atoms with Crippen molar-refractivity contribution in [2.45, 2.75) is 38.3 Å². The Balaban J connectivity index is 1.72. The van der Waals surface area contributed by atoms with Gasteiger partial charge in [0.1, 0.15) is 17.7 Å². The Hall–Kier alpha value is -3.88. The van der Waals surface area contributed by atoms with Crippen LogP contribution in [0.15, 0.2) is 53.7 Å². The number of rotatable bonds is 4. The van der Waals surface area contributed by atoms with Gasteiger partial charge in [0.25, 0.3) is 0 Å². The summed E-state index contributed by atoms with van der Waals surface area (Å²) in [6, 6.07) is 10.8. The minimum Gasteiger partial charge on any atom is -0.493 e. The molecule has 1 fully saturated rings. The van der Waals surface area contributed by atoms with Crippen LogP contribution >= 0.6 is 0 Å². The molecule has 2 aliphatic rings. The van der Waals surface area contributed by atoms with E-state index in [1.165, 1.54) is 12.1 Å². The normalized spacial score (nSPS) is 19.3. The molecule has 1 saturated heterocycles. The number of carbonyl (C=O) groups is 1. The van der Waals surface area contributed by atoms with Gasteiger partial charge in [0, 0.05) is 17.2 Å². The Kier molecular flexibility index (Phi) is 5.07. The second-order valence-corrected chi connectivity index (χ2v) is 9.32. The number of hydrogen-bond acceptors (Lipinski definition) is 5. The van der Waals surface area contributed by atoms with Crippen molar-refractivity contribution in [3.05, 3.63) is 65.6 Å². The van der Waals surface area contributed by atoms with Gasteiger partial charge in [-0.3, -0.25) is 10.2 Å². The molecule has 0 aliphatic carbocycles. The molecule has 0 saturated carbocycles. The molecule has 34 heavy (non-hydrogen) atoms. The molecule has 0 unspecified atom stereocenters. The van der Waals surface area contributed by atoms with Crippen molar-refractivity contribution in [2.75, 3.05) is 19.1 Å². The summed E-state index contributed by atoms with van der Waals surface area (Å²) in [5.41, 5.74) is 2.06. The molecule has 0 spiro atoms. The van der Waals surface area contributed by atoms with Crippen LogP contribution in [-0.4, -0.2) is 41.9 Å². The molecule has 2 atom stereocenters. The molecule has 0 radical (unpaired) electrons. The second-order valence-electron chi connectivity index (χ2n) is 9.32. The lowest BCUT2D eigenvalue weighted by Crippen LogP contribution is -2.42. The molecule has 3 heterocycles. The van der Waals surface area contributed by atoms with Crippen molar-refractivity contribution in [2.24, 2.45) is 4.99 Å². The van der Waals surface area contributed by atoms with Gasteiger partial charge < -0.3 is 9.47 Å². The third kappa shape index (κ3) is 3.39. The van der Waals surface area contributed by atoms with E-state index in [2.05, 4.69) is 31.2 Å².